The summed E-state index contributed by atoms with van der Waals surface area (Å²) in [7, 11) is 0.581. The molecule has 0 aliphatic carbocycles. The summed E-state index contributed by atoms with van der Waals surface area (Å²) in [6.07, 6.45) is 1.90. The monoisotopic (exact) mass is 391 g/mol. The molecule has 2 rings (SSSR count). The number of hydrogen-bond donors (Lipinski definition) is 2. The Balaban J connectivity index is 0.00000312. The number of nitrogens with zero attached hydrogens (tertiary/aromatic N) is 1. The highest BCUT2D eigenvalue weighted by atomic mass is 35.5. The van der Waals surface area contributed by atoms with Gasteiger partial charge in [-0.1, -0.05) is 0 Å². The molecule has 1 heterocycles. The summed E-state index contributed by atoms with van der Waals surface area (Å²) in [4.78, 5) is 12.5. The first-order valence-corrected chi connectivity index (χ1v) is 9.36. The number of hydrogen-bond acceptors (Lipinski definition) is 5. The van der Waals surface area contributed by atoms with Crippen LogP contribution in [0.2, 0.25) is 0 Å². The number of rotatable bonds is 5. The van der Waals surface area contributed by atoms with Crippen molar-refractivity contribution in [1.29, 1.82) is 0 Å². The predicted molar refractivity (Wildman–Crippen MR) is 99.1 cm³/mol. The highest BCUT2D eigenvalue weighted by molar-refractivity contribution is 7.89. The topological polar surface area (TPSA) is 87.7 Å². The molecule has 1 saturated heterocycles. The first-order valence-electron chi connectivity index (χ1n) is 7.92. The Morgan fingerprint density at radius 2 is 2.04 bits per heavy atom. The van der Waals surface area contributed by atoms with E-state index >= 15 is 0 Å². The van der Waals surface area contributed by atoms with Crippen LogP contribution in [0.25, 0.3) is 0 Å². The number of halogens is 1. The molecule has 0 saturated carbocycles. The van der Waals surface area contributed by atoms with Gasteiger partial charge in [-0.2, -0.15) is 0 Å². The molecule has 9 heteroatoms. The minimum Gasteiger partial charge on any atom is -0.495 e. The highest BCUT2D eigenvalue weighted by Gasteiger charge is 2.26. The van der Waals surface area contributed by atoms with Gasteiger partial charge in [0.2, 0.25) is 10.0 Å². The molecule has 1 aromatic carbocycles. The molecule has 1 aliphatic heterocycles. The molecule has 7 nitrogen and oxygen atoms in total. The van der Waals surface area contributed by atoms with Gasteiger partial charge in [-0.05, 0) is 44.5 Å². The van der Waals surface area contributed by atoms with Crippen molar-refractivity contribution in [2.75, 3.05) is 27.7 Å². The van der Waals surface area contributed by atoms with Crippen LogP contribution in [0.4, 0.5) is 0 Å². The summed E-state index contributed by atoms with van der Waals surface area (Å²) in [6.45, 7) is 2.97. The smallest absolute Gasteiger partial charge is 0.251 e. The fourth-order valence-electron chi connectivity index (χ4n) is 2.71. The molecule has 0 spiro atoms. The number of ether oxygens (including phenoxy) is 1. The van der Waals surface area contributed by atoms with Crippen molar-refractivity contribution < 1.29 is 17.9 Å². The fourth-order valence-corrected chi connectivity index (χ4v) is 3.78. The Morgan fingerprint density at radius 1 is 1.36 bits per heavy atom. The molecular formula is C16H26ClN3O4S. The third-order valence-electron chi connectivity index (χ3n) is 4.26. The van der Waals surface area contributed by atoms with Crippen LogP contribution < -0.4 is 15.4 Å². The quantitative estimate of drug-likeness (QED) is 0.788. The molecule has 1 aromatic rings. The molecule has 1 fully saturated rings. The summed E-state index contributed by atoms with van der Waals surface area (Å²) < 4.78 is 31.1. The molecule has 1 amide bonds. The number of carbonyl (C=O) groups excluding carboxylic acids is 1. The average molecular weight is 392 g/mol. The largest absolute Gasteiger partial charge is 0.495 e. The molecule has 2 unspecified atom stereocenters. The lowest BCUT2D eigenvalue weighted by molar-refractivity contribution is 0.0919. The second-order valence-corrected chi connectivity index (χ2v) is 8.24. The van der Waals surface area contributed by atoms with E-state index in [1.165, 1.54) is 33.3 Å². The van der Waals surface area contributed by atoms with Gasteiger partial charge in [0.15, 0.2) is 0 Å². The van der Waals surface area contributed by atoms with E-state index in [0.717, 1.165) is 23.7 Å². The lowest BCUT2D eigenvalue weighted by atomic mass is 9.99. The number of benzene rings is 1. The van der Waals surface area contributed by atoms with E-state index in [0.29, 0.717) is 5.56 Å². The van der Waals surface area contributed by atoms with E-state index in [-0.39, 0.29) is 41.0 Å². The summed E-state index contributed by atoms with van der Waals surface area (Å²) in [5, 5.41) is 6.30. The van der Waals surface area contributed by atoms with Crippen LogP contribution in [0.3, 0.4) is 0 Å². The number of nitrogens with one attached hydrogen (secondary N) is 2. The minimum atomic E-state index is -3.70. The third kappa shape index (κ3) is 4.84. The Bertz CT molecular complexity index is 709. The first-order chi connectivity index (χ1) is 11.3. The molecule has 142 valence electrons. The van der Waals surface area contributed by atoms with Gasteiger partial charge in [-0.25, -0.2) is 12.7 Å². The van der Waals surface area contributed by atoms with E-state index in [2.05, 4.69) is 10.6 Å². The minimum absolute atomic E-state index is 0. The van der Waals surface area contributed by atoms with Crippen molar-refractivity contribution in [2.24, 2.45) is 0 Å². The van der Waals surface area contributed by atoms with Crippen molar-refractivity contribution in [3.8, 4) is 5.75 Å². The Labute approximate surface area is 155 Å². The highest BCUT2D eigenvalue weighted by Crippen LogP contribution is 2.27. The van der Waals surface area contributed by atoms with Gasteiger partial charge >= 0.3 is 0 Å². The predicted octanol–water partition coefficient (Wildman–Crippen LogP) is 1.24. The van der Waals surface area contributed by atoms with E-state index in [4.69, 9.17) is 4.74 Å². The van der Waals surface area contributed by atoms with Gasteiger partial charge in [0.1, 0.15) is 10.6 Å². The van der Waals surface area contributed by atoms with Crippen molar-refractivity contribution in [3.05, 3.63) is 23.8 Å². The Hall–Kier alpha value is -1.35. The molecule has 0 radical (unpaired) electrons. The zero-order valence-electron chi connectivity index (χ0n) is 14.9. The van der Waals surface area contributed by atoms with E-state index in [1.807, 2.05) is 6.92 Å². The molecule has 2 atom stereocenters. The maximum absolute atomic E-state index is 12.5. The van der Waals surface area contributed by atoms with Crippen LogP contribution in [-0.2, 0) is 10.0 Å². The first kappa shape index (κ1) is 21.7. The third-order valence-corrected chi connectivity index (χ3v) is 6.10. The van der Waals surface area contributed by atoms with Crippen LogP contribution in [0.1, 0.15) is 30.1 Å². The zero-order chi connectivity index (χ0) is 17.9. The lowest BCUT2D eigenvalue weighted by Gasteiger charge is -2.30. The number of amides is 1. The van der Waals surface area contributed by atoms with Crippen molar-refractivity contribution >= 4 is 28.3 Å². The molecule has 0 aromatic heterocycles. The van der Waals surface area contributed by atoms with Crippen LogP contribution >= 0.6 is 12.4 Å². The molecular weight excluding hydrogens is 366 g/mol. The SMILES string of the molecule is COc1ccc(C(=O)NC2CCCNC2C)cc1S(=O)(=O)N(C)C.Cl. The van der Waals surface area contributed by atoms with Gasteiger partial charge < -0.3 is 15.4 Å². The van der Waals surface area contributed by atoms with Gasteiger partial charge in [-0.15, -0.1) is 12.4 Å². The standard InChI is InChI=1S/C16H25N3O4S.ClH/c1-11-13(6-5-9-17-11)18-16(20)12-7-8-14(23-4)15(10-12)24(21,22)19(2)3;/h7-8,10-11,13,17H,5-6,9H2,1-4H3,(H,18,20);1H. The van der Waals surface area contributed by atoms with Gasteiger partial charge in [0, 0.05) is 31.7 Å². The lowest BCUT2D eigenvalue weighted by Crippen LogP contribution is -2.51. The second-order valence-electron chi connectivity index (χ2n) is 6.12. The number of sulfonamides is 1. The average Bonchev–Trinajstić information content (AvgIpc) is 2.56. The molecule has 25 heavy (non-hydrogen) atoms. The number of methoxy groups -OCH3 is 1. The van der Waals surface area contributed by atoms with Crippen LogP contribution in [0, 0.1) is 0 Å². The summed E-state index contributed by atoms with van der Waals surface area (Å²) >= 11 is 0. The maximum Gasteiger partial charge on any atom is 0.251 e. The van der Waals surface area contributed by atoms with E-state index in [9.17, 15) is 13.2 Å². The van der Waals surface area contributed by atoms with Gasteiger partial charge in [0.05, 0.1) is 7.11 Å². The van der Waals surface area contributed by atoms with Crippen LogP contribution in [0.5, 0.6) is 5.75 Å². The zero-order valence-corrected chi connectivity index (χ0v) is 16.5. The molecule has 0 bridgehead atoms. The van der Waals surface area contributed by atoms with Crippen molar-refractivity contribution in [2.45, 2.75) is 36.7 Å². The molecule has 2 N–H and O–H groups in total. The number of carbonyl (C=O) groups is 1. The fraction of sp³-hybridized carbons (Fsp3) is 0.562. The number of piperidine rings is 1. The van der Waals surface area contributed by atoms with Gasteiger partial charge in [0.25, 0.3) is 5.91 Å². The Kier molecular flexibility index (Phi) is 7.67. The summed E-state index contributed by atoms with van der Waals surface area (Å²) in [6, 6.07) is 4.66. The normalized spacial score (nSPS) is 20.7. The van der Waals surface area contributed by atoms with E-state index < -0.39 is 10.0 Å². The summed E-state index contributed by atoms with van der Waals surface area (Å²) in [5.41, 5.74) is 0.300. The van der Waals surface area contributed by atoms with Crippen molar-refractivity contribution in [3.63, 3.8) is 0 Å². The summed E-state index contributed by atoms with van der Waals surface area (Å²) in [5.74, 6) is -0.0682. The van der Waals surface area contributed by atoms with Crippen LogP contribution in [-0.4, -0.2) is 58.5 Å². The maximum atomic E-state index is 12.5. The second kappa shape index (κ2) is 8.84. The van der Waals surface area contributed by atoms with Crippen LogP contribution in [0.15, 0.2) is 23.1 Å². The van der Waals surface area contributed by atoms with Gasteiger partial charge in [-0.3, -0.25) is 4.79 Å². The Morgan fingerprint density at radius 3 is 2.60 bits per heavy atom. The molecule has 1 aliphatic rings. The van der Waals surface area contributed by atoms with E-state index in [1.54, 1.807) is 6.07 Å². The van der Waals surface area contributed by atoms with Crippen molar-refractivity contribution in [1.82, 2.24) is 14.9 Å².